The highest BCUT2D eigenvalue weighted by molar-refractivity contribution is 5.95. The summed E-state index contributed by atoms with van der Waals surface area (Å²) in [6.45, 7) is 7.91. The Kier molecular flexibility index (Phi) is 8.94. The minimum absolute atomic E-state index is 0.0722. The molecule has 11 nitrogen and oxygen atoms in total. The molecule has 1 saturated heterocycles. The number of primary amides is 1. The molecule has 0 aromatic heterocycles. The van der Waals surface area contributed by atoms with Crippen molar-refractivity contribution in [3.8, 4) is 0 Å². The Bertz CT molecular complexity index is 1180. The Morgan fingerprint density at radius 3 is 2.27 bits per heavy atom. The standard InChI is InChI=1S/C27H36F3N5O6/c1-25(2,3)20(32-23(39)27(28,29)30)22(38)34-13-16-18(26(16,4)5)19(34)21(37)33-35(12-11-17(31)36)24(40)41-14-15-9-7-6-8-10-15/h6-10,16,18-20H,11-14H2,1-5H3,(H2,31,36)(H,32,39)(H,33,37)/t16-,18-,19-,20+/m0/s1. The molecule has 2 fully saturated rings. The van der Waals surface area contributed by atoms with Crippen molar-refractivity contribution in [2.24, 2.45) is 28.4 Å². The Balaban J connectivity index is 1.83. The molecule has 41 heavy (non-hydrogen) atoms. The first-order valence-electron chi connectivity index (χ1n) is 13.1. The molecule has 1 aliphatic carbocycles. The predicted octanol–water partition coefficient (Wildman–Crippen LogP) is 2.11. The molecule has 226 valence electrons. The van der Waals surface area contributed by atoms with Gasteiger partial charge in [-0.15, -0.1) is 0 Å². The van der Waals surface area contributed by atoms with Gasteiger partial charge in [0.1, 0.15) is 18.7 Å². The van der Waals surface area contributed by atoms with Crippen LogP contribution < -0.4 is 16.5 Å². The maximum atomic E-state index is 13.6. The summed E-state index contributed by atoms with van der Waals surface area (Å²) < 4.78 is 44.4. The summed E-state index contributed by atoms with van der Waals surface area (Å²) in [5.74, 6) is -5.14. The molecule has 1 heterocycles. The van der Waals surface area contributed by atoms with Crippen molar-refractivity contribution in [1.29, 1.82) is 0 Å². The average Bonchev–Trinajstić information content (AvgIpc) is 3.20. The van der Waals surface area contributed by atoms with Gasteiger partial charge in [-0.1, -0.05) is 65.0 Å². The number of hydrazine groups is 1. The van der Waals surface area contributed by atoms with Crippen LogP contribution in [0.15, 0.2) is 30.3 Å². The molecule has 0 unspecified atom stereocenters. The molecule has 1 aliphatic heterocycles. The lowest BCUT2D eigenvalue weighted by Gasteiger charge is -2.38. The first-order valence-corrected chi connectivity index (χ1v) is 13.1. The smallest absolute Gasteiger partial charge is 0.443 e. The lowest BCUT2D eigenvalue weighted by molar-refractivity contribution is -0.176. The molecular weight excluding hydrogens is 547 g/mol. The van der Waals surface area contributed by atoms with Crippen molar-refractivity contribution >= 4 is 29.7 Å². The number of hydrogen-bond donors (Lipinski definition) is 3. The summed E-state index contributed by atoms with van der Waals surface area (Å²) in [5, 5.41) is 2.57. The third kappa shape index (κ3) is 7.27. The van der Waals surface area contributed by atoms with E-state index >= 15 is 0 Å². The number of likely N-dealkylation sites (tertiary alicyclic amines) is 1. The van der Waals surface area contributed by atoms with Crippen molar-refractivity contribution in [3.63, 3.8) is 0 Å². The fraction of sp³-hybridized carbons (Fsp3) is 0.593. The summed E-state index contributed by atoms with van der Waals surface area (Å²) in [7, 11) is 0. The molecule has 5 amide bonds. The van der Waals surface area contributed by atoms with Crippen molar-refractivity contribution in [2.45, 2.75) is 65.9 Å². The lowest BCUT2D eigenvalue weighted by atomic mass is 9.85. The minimum atomic E-state index is -5.21. The number of carbonyl (C=O) groups is 5. The number of nitrogens with zero attached hydrogens (tertiary/aromatic N) is 2. The second kappa shape index (κ2) is 11.6. The number of piperidine rings is 1. The maximum absolute atomic E-state index is 13.6. The fourth-order valence-electron chi connectivity index (χ4n) is 5.25. The number of amides is 5. The van der Waals surface area contributed by atoms with Gasteiger partial charge in [-0.2, -0.15) is 13.2 Å². The topological polar surface area (TPSA) is 151 Å². The van der Waals surface area contributed by atoms with Crippen LogP contribution in [0.5, 0.6) is 0 Å². The number of halogens is 3. The van der Waals surface area contributed by atoms with E-state index in [-0.39, 0.29) is 43.4 Å². The molecule has 4 N–H and O–H groups in total. The Morgan fingerprint density at radius 2 is 1.73 bits per heavy atom. The third-order valence-corrected chi connectivity index (χ3v) is 7.66. The SMILES string of the molecule is CC(C)(C)[C@H](NC(=O)C(F)(F)F)C(=O)N1C[C@H]2[C@@H]([C@H]1C(=O)NN(CCC(N)=O)C(=O)OCc1ccccc1)C2(C)C. The summed E-state index contributed by atoms with van der Waals surface area (Å²) in [5.41, 5.74) is 6.83. The van der Waals surface area contributed by atoms with E-state index in [0.717, 1.165) is 9.91 Å². The summed E-state index contributed by atoms with van der Waals surface area (Å²) in [4.78, 5) is 64.5. The van der Waals surface area contributed by atoms with Crippen LogP contribution in [-0.4, -0.2) is 71.0 Å². The zero-order valence-electron chi connectivity index (χ0n) is 23.6. The highest BCUT2D eigenvalue weighted by Crippen LogP contribution is 2.65. The van der Waals surface area contributed by atoms with Crippen LogP contribution in [0, 0.1) is 22.7 Å². The maximum Gasteiger partial charge on any atom is 0.471 e. The number of carbonyl (C=O) groups excluding carboxylic acids is 5. The van der Waals surface area contributed by atoms with Crippen molar-refractivity contribution in [2.75, 3.05) is 13.1 Å². The summed E-state index contributed by atoms with van der Waals surface area (Å²) in [6, 6.07) is 5.97. The Morgan fingerprint density at radius 1 is 1.12 bits per heavy atom. The average molecular weight is 584 g/mol. The number of nitrogens with one attached hydrogen (secondary N) is 2. The van der Waals surface area contributed by atoms with Gasteiger partial charge >= 0.3 is 18.2 Å². The van der Waals surface area contributed by atoms with Crippen LogP contribution in [0.2, 0.25) is 0 Å². The molecule has 0 bridgehead atoms. The van der Waals surface area contributed by atoms with Crippen LogP contribution in [0.25, 0.3) is 0 Å². The van der Waals surface area contributed by atoms with Crippen molar-refractivity contribution < 1.29 is 41.9 Å². The number of nitrogens with two attached hydrogens (primary N) is 1. The van der Waals surface area contributed by atoms with Gasteiger partial charge in [0.15, 0.2) is 0 Å². The molecule has 0 radical (unpaired) electrons. The molecule has 3 rings (SSSR count). The van der Waals surface area contributed by atoms with E-state index in [9.17, 15) is 37.1 Å². The number of alkyl halides is 3. The van der Waals surface area contributed by atoms with Gasteiger partial charge in [-0.3, -0.25) is 24.6 Å². The number of rotatable bonds is 8. The minimum Gasteiger partial charge on any atom is -0.443 e. The Hall–Kier alpha value is -3.84. The monoisotopic (exact) mass is 583 g/mol. The molecule has 4 atom stereocenters. The van der Waals surface area contributed by atoms with Gasteiger partial charge in [0.25, 0.3) is 5.91 Å². The van der Waals surface area contributed by atoms with Gasteiger partial charge in [0.05, 0.1) is 6.54 Å². The molecular formula is C27H36F3N5O6. The normalized spacial score (nSPS) is 21.8. The summed E-state index contributed by atoms with van der Waals surface area (Å²) in [6.07, 6.45) is -6.49. The Labute approximate surface area is 235 Å². The van der Waals surface area contributed by atoms with Crippen LogP contribution in [0.3, 0.4) is 0 Å². The number of fused-ring (bicyclic) bond motifs is 1. The quantitative estimate of drug-likeness (QED) is 0.399. The predicted molar refractivity (Wildman–Crippen MR) is 139 cm³/mol. The van der Waals surface area contributed by atoms with E-state index in [2.05, 4.69) is 5.43 Å². The van der Waals surface area contributed by atoms with E-state index in [1.807, 2.05) is 13.8 Å². The van der Waals surface area contributed by atoms with Crippen LogP contribution >= 0.6 is 0 Å². The lowest BCUT2D eigenvalue weighted by Crippen LogP contribution is -2.61. The summed E-state index contributed by atoms with van der Waals surface area (Å²) >= 11 is 0. The van der Waals surface area contributed by atoms with Crippen LogP contribution in [0.1, 0.15) is 46.6 Å². The van der Waals surface area contributed by atoms with E-state index in [1.165, 1.54) is 20.8 Å². The van der Waals surface area contributed by atoms with E-state index in [0.29, 0.717) is 5.56 Å². The fourth-order valence-corrected chi connectivity index (χ4v) is 5.25. The molecule has 0 spiro atoms. The van der Waals surface area contributed by atoms with Gasteiger partial charge < -0.3 is 20.7 Å². The molecule has 1 aromatic rings. The number of ether oxygens (including phenoxy) is 1. The van der Waals surface area contributed by atoms with Crippen LogP contribution in [0.4, 0.5) is 18.0 Å². The van der Waals surface area contributed by atoms with Gasteiger partial charge in [-0.05, 0) is 28.2 Å². The first kappa shape index (κ1) is 31.7. The zero-order chi connectivity index (χ0) is 30.9. The zero-order valence-corrected chi connectivity index (χ0v) is 23.6. The van der Waals surface area contributed by atoms with E-state index < -0.39 is 53.4 Å². The second-order valence-corrected chi connectivity index (χ2v) is 12.0. The number of hydrogen-bond acceptors (Lipinski definition) is 6. The number of benzene rings is 1. The van der Waals surface area contributed by atoms with E-state index in [4.69, 9.17) is 10.5 Å². The molecule has 14 heteroatoms. The van der Waals surface area contributed by atoms with Crippen LogP contribution in [-0.2, 0) is 30.5 Å². The van der Waals surface area contributed by atoms with Gasteiger partial charge in [0.2, 0.25) is 11.8 Å². The second-order valence-electron chi connectivity index (χ2n) is 12.0. The molecule has 1 saturated carbocycles. The highest BCUT2D eigenvalue weighted by Gasteiger charge is 2.70. The molecule has 1 aromatic carbocycles. The highest BCUT2D eigenvalue weighted by atomic mass is 19.4. The molecule has 2 aliphatic rings. The van der Waals surface area contributed by atoms with Crippen molar-refractivity contribution in [3.05, 3.63) is 35.9 Å². The third-order valence-electron chi connectivity index (χ3n) is 7.66. The van der Waals surface area contributed by atoms with Gasteiger partial charge in [0, 0.05) is 13.0 Å². The largest absolute Gasteiger partial charge is 0.471 e. The van der Waals surface area contributed by atoms with Crippen molar-refractivity contribution in [1.82, 2.24) is 20.7 Å². The first-order chi connectivity index (χ1) is 18.9. The van der Waals surface area contributed by atoms with Gasteiger partial charge in [-0.25, -0.2) is 9.80 Å². The van der Waals surface area contributed by atoms with E-state index in [1.54, 1.807) is 35.6 Å².